The third kappa shape index (κ3) is 5.02. The Hall–Kier alpha value is -2.47. The molecule has 1 aliphatic heterocycles. The fourth-order valence-electron chi connectivity index (χ4n) is 3.05. The molecule has 1 aromatic heterocycles. The highest BCUT2D eigenvalue weighted by atomic mass is 16.2. The highest BCUT2D eigenvalue weighted by molar-refractivity contribution is 5.92. The number of amides is 1. The van der Waals surface area contributed by atoms with E-state index in [1.165, 1.54) is 5.56 Å². The van der Waals surface area contributed by atoms with Crippen molar-refractivity contribution in [2.75, 3.05) is 38.0 Å². The number of rotatable bonds is 7. The van der Waals surface area contributed by atoms with Crippen LogP contribution < -0.4 is 5.32 Å². The average Bonchev–Trinajstić information content (AvgIpc) is 2.70. The standard InChI is InChI=1S/C20H27N5O/c1-2-3-11-21-19-10-9-18(22-23-19)20(26)25-14-12-24(13-15-25)16-17-7-5-4-6-8-17/h4-10H,2-3,11-16H2,1H3,(H,21,23). The molecule has 0 unspecified atom stereocenters. The van der Waals surface area contributed by atoms with Crippen molar-refractivity contribution >= 4 is 11.7 Å². The molecule has 1 amide bonds. The normalized spacial score (nSPS) is 15.0. The second kappa shape index (κ2) is 9.29. The Morgan fingerprint density at radius 1 is 1.04 bits per heavy atom. The Bertz CT molecular complexity index is 681. The van der Waals surface area contributed by atoms with Gasteiger partial charge in [-0.05, 0) is 24.1 Å². The third-order valence-electron chi connectivity index (χ3n) is 4.63. The predicted octanol–water partition coefficient (Wildman–Crippen LogP) is 2.65. The van der Waals surface area contributed by atoms with Crippen LogP contribution >= 0.6 is 0 Å². The minimum atomic E-state index is -0.0306. The predicted molar refractivity (Wildman–Crippen MR) is 103 cm³/mol. The van der Waals surface area contributed by atoms with E-state index in [0.29, 0.717) is 5.69 Å². The summed E-state index contributed by atoms with van der Waals surface area (Å²) in [7, 11) is 0. The third-order valence-corrected chi connectivity index (χ3v) is 4.63. The molecule has 138 valence electrons. The SMILES string of the molecule is CCCCNc1ccc(C(=O)N2CCN(Cc3ccccc3)CC2)nn1. The molecular formula is C20H27N5O. The quantitative estimate of drug-likeness (QED) is 0.776. The van der Waals surface area contributed by atoms with Crippen LogP contribution in [0.25, 0.3) is 0 Å². The maximum atomic E-state index is 12.6. The molecule has 26 heavy (non-hydrogen) atoms. The summed E-state index contributed by atoms with van der Waals surface area (Å²) in [6.45, 7) is 7.17. The molecule has 1 aliphatic rings. The van der Waals surface area contributed by atoms with Gasteiger partial charge in [-0.1, -0.05) is 43.7 Å². The first kappa shape index (κ1) is 18.3. The average molecular weight is 353 g/mol. The Morgan fingerprint density at radius 2 is 1.81 bits per heavy atom. The molecule has 0 atom stereocenters. The largest absolute Gasteiger partial charge is 0.369 e. The summed E-state index contributed by atoms with van der Waals surface area (Å²) >= 11 is 0. The molecule has 2 heterocycles. The van der Waals surface area contributed by atoms with Gasteiger partial charge in [0.15, 0.2) is 5.69 Å². The zero-order valence-corrected chi connectivity index (χ0v) is 15.4. The zero-order chi connectivity index (χ0) is 18.2. The van der Waals surface area contributed by atoms with Gasteiger partial charge in [0.25, 0.3) is 5.91 Å². The number of unbranched alkanes of at least 4 members (excludes halogenated alkanes) is 1. The van der Waals surface area contributed by atoms with Crippen molar-refractivity contribution < 1.29 is 4.79 Å². The lowest BCUT2D eigenvalue weighted by molar-refractivity contribution is 0.0621. The first-order valence-corrected chi connectivity index (χ1v) is 9.39. The molecule has 0 aliphatic carbocycles. The molecule has 0 saturated carbocycles. The zero-order valence-electron chi connectivity index (χ0n) is 15.4. The van der Waals surface area contributed by atoms with Crippen molar-refractivity contribution in [3.63, 3.8) is 0 Å². The van der Waals surface area contributed by atoms with Gasteiger partial charge in [0, 0.05) is 39.3 Å². The van der Waals surface area contributed by atoms with Crippen LogP contribution in [-0.4, -0.2) is 58.6 Å². The molecule has 2 aromatic rings. The van der Waals surface area contributed by atoms with Gasteiger partial charge in [0.1, 0.15) is 5.82 Å². The summed E-state index contributed by atoms with van der Waals surface area (Å²) in [4.78, 5) is 16.9. The van der Waals surface area contributed by atoms with Crippen LogP contribution in [0.1, 0.15) is 35.8 Å². The van der Waals surface area contributed by atoms with Crippen LogP contribution in [0.4, 0.5) is 5.82 Å². The first-order valence-electron chi connectivity index (χ1n) is 9.39. The van der Waals surface area contributed by atoms with Crippen LogP contribution in [-0.2, 0) is 6.54 Å². The van der Waals surface area contributed by atoms with Crippen LogP contribution in [0.2, 0.25) is 0 Å². The maximum absolute atomic E-state index is 12.6. The number of nitrogens with one attached hydrogen (secondary N) is 1. The summed E-state index contributed by atoms with van der Waals surface area (Å²) in [5, 5.41) is 11.4. The first-order chi connectivity index (χ1) is 12.8. The van der Waals surface area contributed by atoms with E-state index in [4.69, 9.17) is 0 Å². The molecular weight excluding hydrogens is 326 g/mol. The summed E-state index contributed by atoms with van der Waals surface area (Å²) in [6, 6.07) is 14.0. The number of anilines is 1. The molecule has 6 heteroatoms. The number of carbonyl (C=O) groups excluding carboxylic acids is 1. The van der Waals surface area contributed by atoms with Crippen molar-refractivity contribution in [2.45, 2.75) is 26.3 Å². The van der Waals surface area contributed by atoms with Gasteiger partial charge in [0.05, 0.1) is 0 Å². The van der Waals surface area contributed by atoms with E-state index in [-0.39, 0.29) is 5.91 Å². The fourth-order valence-corrected chi connectivity index (χ4v) is 3.05. The van der Waals surface area contributed by atoms with Crippen molar-refractivity contribution in [1.82, 2.24) is 20.0 Å². The van der Waals surface area contributed by atoms with E-state index in [0.717, 1.165) is 57.9 Å². The van der Waals surface area contributed by atoms with Gasteiger partial charge in [-0.2, -0.15) is 0 Å². The summed E-state index contributed by atoms with van der Waals surface area (Å²) in [5.74, 6) is 0.694. The lowest BCUT2D eigenvalue weighted by Crippen LogP contribution is -2.48. The van der Waals surface area contributed by atoms with E-state index in [9.17, 15) is 4.79 Å². The smallest absolute Gasteiger partial charge is 0.274 e. The lowest BCUT2D eigenvalue weighted by Gasteiger charge is -2.34. The van der Waals surface area contributed by atoms with Gasteiger partial charge in [-0.3, -0.25) is 9.69 Å². The van der Waals surface area contributed by atoms with Gasteiger partial charge in [0.2, 0.25) is 0 Å². The van der Waals surface area contributed by atoms with E-state index < -0.39 is 0 Å². The number of benzene rings is 1. The Kier molecular flexibility index (Phi) is 6.55. The van der Waals surface area contributed by atoms with Crippen molar-refractivity contribution in [3.8, 4) is 0 Å². The highest BCUT2D eigenvalue weighted by Gasteiger charge is 2.23. The topological polar surface area (TPSA) is 61.4 Å². The number of piperazine rings is 1. The van der Waals surface area contributed by atoms with Crippen LogP contribution in [0.5, 0.6) is 0 Å². The summed E-state index contributed by atoms with van der Waals surface area (Å²) < 4.78 is 0. The molecule has 0 bridgehead atoms. The molecule has 0 spiro atoms. The Labute approximate surface area is 155 Å². The molecule has 3 rings (SSSR count). The number of carbonyl (C=O) groups is 1. The second-order valence-electron chi connectivity index (χ2n) is 6.64. The minimum absolute atomic E-state index is 0.0306. The summed E-state index contributed by atoms with van der Waals surface area (Å²) in [5.41, 5.74) is 1.73. The minimum Gasteiger partial charge on any atom is -0.369 e. The van der Waals surface area contributed by atoms with Crippen molar-refractivity contribution in [2.24, 2.45) is 0 Å². The Balaban J connectivity index is 1.48. The van der Waals surface area contributed by atoms with Crippen LogP contribution in [0.15, 0.2) is 42.5 Å². The van der Waals surface area contributed by atoms with E-state index in [2.05, 4.69) is 51.6 Å². The Morgan fingerprint density at radius 3 is 2.46 bits per heavy atom. The second-order valence-corrected chi connectivity index (χ2v) is 6.64. The highest BCUT2D eigenvalue weighted by Crippen LogP contribution is 2.11. The van der Waals surface area contributed by atoms with Gasteiger partial charge in [-0.25, -0.2) is 0 Å². The monoisotopic (exact) mass is 353 g/mol. The fraction of sp³-hybridized carbons (Fsp3) is 0.450. The molecule has 1 saturated heterocycles. The lowest BCUT2D eigenvalue weighted by atomic mass is 10.2. The van der Waals surface area contributed by atoms with Crippen molar-refractivity contribution in [3.05, 3.63) is 53.7 Å². The summed E-state index contributed by atoms with van der Waals surface area (Å²) in [6.07, 6.45) is 2.23. The van der Waals surface area contributed by atoms with Gasteiger partial charge in [-0.15, -0.1) is 10.2 Å². The molecule has 1 aromatic carbocycles. The maximum Gasteiger partial charge on any atom is 0.274 e. The van der Waals surface area contributed by atoms with Gasteiger partial charge < -0.3 is 10.2 Å². The van der Waals surface area contributed by atoms with E-state index >= 15 is 0 Å². The van der Waals surface area contributed by atoms with E-state index in [1.54, 1.807) is 6.07 Å². The van der Waals surface area contributed by atoms with Crippen LogP contribution in [0.3, 0.4) is 0 Å². The molecule has 0 radical (unpaired) electrons. The van der Waals surface area contributed by atoms with Gasteiger partial charge >= 0.3 is 0 Å². The number of aromatic nitrogens is 2. The van der Waals surface area contributed by atoms with Crippen LogP contribution in [0, 0.1) is 0 Å². The number of hydrogen-bond acceptors (Lipinski definition) is 5. The molecule has 1 fully saturated rings. The van der Waals surface area contributed by atoms with E-state index in [1.807, 2.05) is 17.0 Å². The number of nitrogens with zero attached hydrogens (tertiary/aromatic N) is 4. The molecule has 1 N–H and O–H groups in total. The van der Waals surface area contributed by atoms with Crippen molar-refractivity contribution in [1.29, 1.82) is 0 Å². The number of hydrogen-bond donors (Lipinski definition) is 1. The molecule has 6 nitrogen and oxygen atoms in total.